The van der Waals surface area contributed by atoms with E-state index >= 15 is 0 Å². The maximum Gasteiger partial charge on any atom is 0.129 e. The van der Waals surface area contributed by atoms with Gasteiger partial charge in [0.25, 0.3) is 0 Å². The number of anilines is 1. The monoisotopic (exact) mass is 290 g/mol. The zero-order valence-electron chi connectivity index (χ0n) is 13.1. The predicted octanol–water partition coefficient (Wildman–Crippen LogP) is 4.52. The van der Waals surface area contributed by atoms with Crippen molar-refractivity contribution in [2.45, 2.75) is 46.1 Å². The number of hydrogen-bond acceptors (Lipinski definition) is 2. The molecule has 0 fully saturated rings. The van der Waals surface area contributed by atoms with Gasteiger partial charge < -0.3 is 10.2 Å². The average molecular weight is 290 g/mol. The first kappa shape index (κ1) is 16.7. The summed E-state index contributed by atoms with van der Waals surface area (Å²) in [5, 5.41) is 3.33. The summed E-state index contributed by atoms with van der Waals surface area (Å²) >= 11 is 5.64. The Bertz CT molecular complexity index is 446. The number of nitrogens with one attached hydrogen (secondary N) is 1. The third-order valence-corrected chi connectivity index (χ3v) is 3.44. The molecular formula is C17H26N2S. The Kier molecular flexibility index (Phi) is 6.21. The minimum Gasteiger partial charge on any atom is -0.383 e. The molecule has 2 nitrogen and oxygen atoms in total. The fourth-order valence-electron chi connectivity index (χ4n) is 2.01. The van der Waals surface area contributed by atoms with E-state index in [1.807, 2.05) is 18.2 Å². The van der Waals surface area contributed by atoms with Crippen LogP contribution in [0.25, 0.3) is 0 Å². The van der Waals surface area contributed by atoms with Gasteiger partial charge in [0, 0.05) is 17.8 Å². The topological polar surface area (TPSA) is 15.3 Å². The number of rotatable bonds is 6. The number of benzene rings is 1. The summed E-state index contributed by atoms with van der Waals surface area (Å²) < 4.78 is 0. The lowest BCUT2D eigenvalue weighted by atomic mass is 10.0. The fraction of sp³-hybridized carbons (Fsp3) is 0.471. The highest BCUT2D eigenvalue weighted by Gasteiger charge is 2.26. The minimum absolute atomic E-state index is 0.0895. The molecule has 0 saturated carbocycles. The third-order valence-electron chi connectivity index (χ3n) is 3.02. The Morgan fingerprint density at radius 2 is 1.85 bits per heavy atom. The molecule has 0 spiro atoms. The van der Waals surface area contributed by atoms with Crippen LogP contribution in [0.15, 0.2) is 42.6 Å². The molecule has 0 amide bonds. The number of nitrogens with zero attached hydrogens (tertiary/aromatic N) is 1. The van der Waals surface area contributed by atoms with Crippen LogP contribution < -0.4 is 10.2 Å². The molecule has 1 aromatic rings. The molecule has 0 aliphatic rings. The van der Waals surface area contributed by atoms with Crippen molar-refractivity contribution >= 4 is 22.9 Å². The standard InChI is InChI=1S/C17H26N2S/c1-6-7-13-18-14(2)16(20)19(17(3,4)5)15-11-9-8-10-12-15/h8-12,18H,2,6-7,13H2,1,3-5H3. The molecule has 0 bridgehead atoms. The third kappa shape index (κ3) is 4.64. The van der Waals surface area contributed by atoms with Crippen molar-refractivity contribution in [2.24, 2.45) is 0 Å². The molecule has 0 radical (unpaired) electrons. The summed E-state index contributed by atoms with van der Waals surface area (Å²) in [6, 6.07) is 10.2. The molecule has 0 aliphatic heterocycles. The molecule has 1 N–H and O–H groups in total. The number of thiocarbonyl (C=S) groups is 1. The zero-order valence-corrected chi connectivity index (χ0v) is 13.9. The van der Waals surface area contributed by atoms with E-state index in [0.717, 1.165) is 35.8 Å². The lowest BCUT2D eigenvalue weighted by molar-refractivity contribution is 0.572. The molecule has 3 heteroatoms. The molecule has 0 aromatic heterocycles. The Balaban J connectivity index is 2.90. The van der Waals surface area contributed by atoms with Crippen LogP contribution in [0.4, 0.5) is 5.69 Å². The largest absolute Gasteiger partial charge is 0.383 e. The second kappa shape index (κ2) is 7.44. The molecule has 1 rings (SSSR count). The van der Waals surface area contributed by atoms with Crippen molar-refractivity contribution in [2.75, 3.05) is 11.4 Å². The van der Waals surface area contributed by atoms with E-state index in [1.54, 1.807) is 0 Å². The maximum absolute atomic E-state index is 5.64. The number of para-hydroxylation sites is 1. The SMILES string of the molecule is C=C(NCCCC)C(=S)N(c1ccccc1)C(C)(C)C. The van der Waals surface area contributed by atoms with Crippen LogP contribution in [-0.2, 0) is 0 Å². The molecular weight excluding hydrogens is 264 g/mol. The van der Waals surface area contributed by atoms with E-state index in [2.05, 4.69) is 56.6 Å². The number of unbranched alkanes of at least 4 members (excludes halogenated alkanes) is 1. The summed E-state index contributed by atoms with van der Waals surface area (Å²) in [7, 11) is 0. The molecule has 20 heavy (non-hydrogen) atoms. The normalized spacial score (nSPS) is 11.0. The molecule has 0 unspecified atom stereocenters. The second-order valence-corrected chi connectivity index (χ2v) is 6.29. The highest BCUT2D eigenvalue weighted by atomic mass is 32.1. The van der Waals surface area contributed by atoms with Gasteiger partial charge in [-0.1, -0.05) is 50.3 Å². The molecule has 0 atom stereocenters. The summed E-state index contributed by atoms with van der Waals surface area (Å²) in [4.78, 5) is 2.92. The molecule has 0 saturated heterocycles. The van der Waals surface area contributed by atoms with E-state index < -0.39 is 0 Å². The van der Waals surface area contributed by atoms with E-state index in [9.17, 15) is 0 Å². The van der Waals surface area contributed by atoms with E-state index in [-0.39, 0.29) is 5.54 Å². The maximum atomic E-state index is 5.64. The first-order valence-electron chi connectivity index (χ1n) is 7.20. The summed E-state index contributed by atoms with van der Waals surface area (Å²) in [5.74, 6) is 0. The highest BCUT2D eigenvalue weighted by Crippen LogP contribution is 2.25. The van der Waals surface area contributed by atoms with Gasteiger partial charge in [0.15, 0.2) is 0 Å². The van der Waals surface area contributed by atoms with Crippen molar-refractivity contribution in [3.05, 3.63) is 42.6 Å². The van der Waals surface area contributed by atoms with Gasteiger partial charge in [-0.05, 0) is 39.3 Å². The lowest BCUT2D eigenvalue weighted by Gasteiger charge is -2.38. The Labute approximate surface area is 128 Å². The van der Waals surface area contributed by atoms with Gasteiger partial charge in [0.2, 0.25) is 0 Å². The summed E-state index contributed by atoms with van der Waals surface area (Å²) in [6.07, 6.45) is 2.29. The van der Waals surface area contributed by atoms with Crippen LogP contribution in [0.3, 0.4) is 0 Å². The van der Waals surface area contributed by atoms with E-state index in [0.29, 0.717) is 0 Å². The van der Waals surface area contributed by atoms with Gasteiger partial charge in [0.1, 0.15) is 4.99 Å². The average Bonchev–Trinajstić information content (AvgIpc) is 2.38. The van der Waals surface area contributed by atoms with Crippen molar-refractivity contribution in [1.29, 1.82) is 0 Å². The van der Waals surface area contributed by atoms with Gasteiger partial charge in [0.05, 0.1) is 5.70 Å². The smallest absolute Gasteiger partial charge is 0.129 e. The van der Waals surface area contributed by atoms with Gasteiger partial charge in [-0.3, -0.25) is 0 Å². The first-order valence-corrected chi connectivity index (χ1v) is 7.61. The van der Waals surface area contributed by atoms with Crippen LogP contribution >= 0.6 is 12.2 Å². The van der Waals surface area contributed by atoms with E-state index in [1.165, 1.54) is 0 Å². The van der Waals surface area contributed by atoms with Crippen molar-refractivity contribution < 1.29 is 0 Å². The van der Waals surface area contributed by atoms with Gasteiger partial charge >= 0.3 is 0 Å². The van der Waals surface area contributed by atoms with Gasteiger partial charge in [-0.2, -0.15) is 0 Å². The Morgan fingerprint density at radius 1 is 1.25 bits per heavy atom. The van der Waals surface area contributed by atoms with Crippen LogP contribution in [-0.4, -0.2) is 17.1 Å². The molecule has 1 aromatic carbocycles. The summed E-state index contributed by atoms with van der Waals surface area (Å²) in [6.45, 7) is 13.7. The van der Waals surface area contributed by atoms with E-state index in [4.69, 9.17) is 12.2 Å². The van der Waals surface area contributed by atoms with Crippen LogP contribution in [0.5, 0.6) is 0 Å². The van der Waals surface area contributed by atoms with Crippen LogP contribution in [0, 0.1) is 0 Å². The van der Waals surface area contributed by atoms with Crippen molar-refractivity contribution in [1.82, 2.24) is 5.32 Å². The van der Waals surface area contributed by atoms with Gasteiger partial charge in [-0.25, -0.2) is 0 Å². The molecule has 0 heterocycles. The van der Waals surface area contributed by atoms with Gasteiger partial charge in [-0.15, -0.1) is 0 Å². The molecule has 0 aliphatic carbocycles. The second-order valence-electron chi connectivity index (χ2n) is 5.91. The van der Waals surface area contributed by atoms with Crippen molar-refractivity contribution in [3.63, 3.8) is 0 Å². The quantitative estimate of drug-likeness (QED) is 0.471. The summed E-state index contributed by atoms with van der Waals surface area (Å²) in [5.41, 5.74) is 1.84. The Hall–Kier alpha value is -1.35. The highest BCUT2D eigenvalue weighted by molar-refractivity contribution is 7.81. The molecule has 110 valence electrons. The first-order chi connectivity index (χ1) is 9.38. The lowest BCUT2D eigenvalue weighted by Crippen LogP contribution is -2.47. The zero-order chi connectivity index (χ0) is 15.2. The predicted molar refractivity (Wildman–Crippen MR) is 93.3 cm³/mol. The Morgan fingerprint density at radius 3 is 2.35 bits per heavy atom. The van der Waals surface area contributed by atoms with Crippen LogP contribution in [0.1, 0.15) is 40.5 Å². The fourth-order valence-corrected chi connectivity index (χ4v) is 2.46. The van der Waals surface area contributed by atoms with Crippen molar-refractivity contribution in [3.8, 4) is 0 Å². The number of hydrogen-bond donors (Lipinski definition) is 1. The van der Waals surface area contributed by atoms with Crippen LogP contribution in [0.2, 0.25) is 0 Å². The minimum atomic E-state index is -0.0895.